The van der Waals surface area contributed by atoms with Gasteiger partial charge < -0.3 is 4.55 Å². The van der Waals surface area contributed by atoms with Gasteiger partial charge >= 0.3 is 0 Å². The van der Waals surface area contributed by atoms with Crippen molar-refractivity contribution in [2.45, 2.75) is 58.8 Å². The van der Waals surface area contributed by atoms with Crippen LogP contribution in [-0.4, -0.2) is 23.7 Å². The van der Waals surface area contributed by atoms with Crippen molar-refractivity contribution in [1.82, 2.24) is 19.1 Å². The number of nitrogens with zero attached hydrogens (tertiary/aromatic N) is 3. The largest absolute Gasteiger partial charge is 0.598 e. The number of aryl methyl sites for hydroxylation is 2. The van der Waals surface area contributed by atoms with Crippen molar-refractivity contribution in [2.75, 3.05) is 0 Å². The molecule has 1 N–H and O–H groups in total. The number of rotatable bonds is 4. The molecule has 0 saturated carbocycles. The molecular formula is C19H26N4OS. The Hall–Kier alpha value is -1.63. The molecule has 2 aromatic heterocycles. The number of benzene rings is 1. The van der Waals surface area contributed by atoms with Gasteiger partial charge in [-0.15, -0.1) is 4.72 Å². The smallest absolute Gasteiger partial charge is 0.147 e. The second-order valence-electron chi connectivity index (χ2n) is 7.47. The second-order valence-corrected chi connectivity index (χ2v) is 9.47. The first-order chi connectivity index (χ1) is 11.7. The summed E-state index contributed by atoms with van der Waals surface area (Å²) in [6, 6.07) is 4.18. The highest BCUT2D eigenvalue weighted by molar-refractivity contribution is 7.90. The average Bonchev–Trinajstić information content (AvgIpc) is 3.02. The van der Waals surface area contributed by atoms with E-state index in [2.05, 4.69) is 40.1 Å². The van der Waals surface area contributed by atoms with Crippen molar-refractivity contribution in [3.63, 3.8) is 0 Å². The molecule has 0 fully saturated rings. The summed E-state index contributed by atoms with van der Waals surface area (Å²) in [6.45, 7) is 12.1. The zero-order chi connectivity index (χ0) is 18.4. The van der Waals surface area contributed by atoms with Crippen molar-refractivity contribution >= 4 is 27.9 Å². The van der Waals surface area contributed by atoms with E-state index in [1.54, 1.807) is 0 Å². The third-order valence-electron chi connectivity index (χ3n) is 4.31. The van der Waals surface area contributed by atoms with E-state index in [-0.39, 0.29) is 10.8 Å². The summed E-state index contributed by atoms with van der Waals surface area (Å²) >= 11 is -1.14. The number of fused-ring (bicyclic) bond motifs is 3. The Morgan fingerprint density at radius 2 is 2.04 bits per heavy atom. The molecule has 0 saturated heterocycles. The molecule has 3 rings (SSSR count). The molecule has 1 aromatic carbocycles. The number of hydrogen-bond acceptors (Lipinski definition) is 4. The molecule has 0 spiro atoms. The minimum Gasteiger partial charge on any atom is -0.598 e. The van der Waals surface area contributed by atoms with Crippen molar-refractivity contribution in [1.29, 1.82) is 0 Å². The maximum Gasteiger partial charge on any atom is 0.147 e. The Morgan fingerprint density at radius 1 is 1.32 bits per heavy atom. The first kappa shape index (κ1) is 18.2. The summed E-state index contributed by atoms with van der Waals surface area (Å²) in [6.07, 6.45) is 4.60. The number of imidazole rings is 1. The molecule has 134 valence electrons. The van der Waals surface area contributed by atoms with Crippen LogP contribution in [0.15, 0.2) is 24.5 Å². The predicted molar refractivity (Wildman–Crippen MR) is 104 cm³/mol. The lowest BCUT2D eigenvalue weighted by molar-refractivity contribution is 0.531. The lowest BCUT2D eigenvalue weighted by atomic mass is 10.0. The molecule has 0 bridgehead atoms. The first-order valence-electron chi connectivity index (χ1n) is 8.66. The number of aromatic nitrogens is 3. The van der Waals surface area contributed by atoms with Crippen LogP contribution in [0.4, 0.5) is 0 Å². The molecule has 0 aliphatic heterocycles. The lowest BCUT2D eigenvalue weighted by Crippen LogP contribution is -2.40. The standard InChI is InChI=1S/C19H26N4OS/c1-7-16-21-17-14(13(3)22-25(24)19(4,5)6)10-12(2)11-15(17)18-20-8-9-23(16)18/h8-11,13,22H,7H2,1-6H3. The van der Waals surface area contributed by atoms with Gasteiger partial charge in [0, 0.05) is 35.6 Å². The summed E-state index contributed by atoms with van der Waals surface area (Å²) in [4.78, 5) is 9.45. The monoisotopic (exact) mass is 358 g/mol. The topological polar surface area (TPSA) is 65.3 Å². The Bertz CT molecular complexity index is 913. The van der Waals surface area contributed by atoms with E-state index in [9.17, 15) is 4.55 Å². The number of nitrogens with one attached hydrogen (secondary N) is 1. The fraction of sp³-hybridized carbons (Fsp3) is 0.474. The summed E-state index contributed by atoms with van der Waals surface area (Å²) in [5.41, 5.74) is 4.07. The second kappa shape index (κ2) is 6.59. The summed E-state index contributed by atoms with van der Waals surface area (Å²) in [7, 11) is 0. The molecule has 2 atom stereocenters. The Balaban J connectivity index is 2.17. The van der Waals surface area contributed by atoms with Crippen molar-refractivity contribution in [3.8, 4) is 0 Å². The van der Waals surface area contributed by atoms with E-state index in [0.29, 0.717) is 0 Å². The van der Waals surface area contributed by atoms with Crippen molar-refractivity contribution in [2.24, 2.45) is 0 Å². The van der Waals surface area contributed by atoms with Crippen LogP contribution in [-0.2, 0) is 17.8 Å². The van der Waals surface area contributed by atoms with E-state index >= 15 is 0 Å². The molecular weight excluding hydrogens is 332 g/mol. The van der Waals surface area contributed by atoms with Crippen LogP contribution in [0.2, 0.25) is 0 Å². The summed E-state index contributed by atoms with van der Waals surface area (Å²) in [5, 5.41) is 1.03. The average molecular weight is 359 g/mol. The predicted octanol–water partition coefficient (Wildman–Crippen LogP) is 3.87. The van der Waals surface area contributed by atoms with Gasteiger partial charge in [-0.1, -0.05) is 13.0 Å². The summed E-state index contributed by atoms with van der Waals surface area (Å²) in [5.74, 6) is 0.981. The van der Waals surface area contributed by atoms with Gasteiger partial charge in [-0.2, -0.15) is 0 Å². The minimum atomic E-state index is -1.14. The highest BCUT2D eigenvalue weighted by Gasteiger charge is 2.29. The molecule has 2 unspecified atom stereocenters. The fourth-order valence-corrected chi connectivity index (χ4v) is 3.78. The maximum atomic E-state index is 12.5. The van der Waals surface area contributed by atoms with E-state index in [0.717, 1.165) is 39.9 Å². The number of hydrogen-bond donors (Lipinski definition) is 1. The van der Waals surface area contributed by atoms with Gasteiger partial charge in [0.15, 0.2) is 0 Å². The minimum absolute atomic E-state index is 0.0722. The van der Waals surface area contributed by atoms with Gasteiger partial charge in [0.2, 0.25) is 0 Å². The molecule has 5 nitrogen and oxygen atoms in total. The van der Waals surface area contributed by atoms with Crippen LogP contribution < -0.4 is 4.72 Å². The lowest BCUT2D eigenvalue weighted by Gasteiger charge is -2.27. The molecule has 0 amide bonds. The molecule has 3 aromatic rings. The van der Waals surface area contributed by atoms with E-state index in [4.69, 9.17) is 4.98 Å². The van der Waals surface area contributed by atoms with Crippen molar-refractivity contribution in [3.05, 3.63) is 41.5 Å². The van der Waals surface area contributed by atoms with Gasteiger partial charge in [0.05, 0.1) is 11.6 Å². The van der Waals surface area contributed by atoms with E-state index in [1.807, 2.05) is 40.1 Å². The maximum absolute atomic E-state index is 12.5. The van der Waals surface area contributed by atoms with Gasteiger partial charge in [0.25, 0.3) is 0 Å². The normalized spacial score (nSPS) is 15.0. The Morgan fingerprint density at radius 3 is 2.68 bits per heavy atom. The fourth-order valence-electron chi connectivity index (χ4n) is 2.98. The van der Waals surface area contributed by atoms with Gasteiger partial charge in [0.1, 0.15) is 16.2 Å². The van der Waals surface area contributed by atoms with E-state index in [1.165, 1.54) is 0 Å². The van der Waals surface area contributed by atoms with Gasteiger partial charge in [-0.05, 0) is 51.8 Å². The Labute approximate surface area is 152 Å². The van der Waals surface area contributed by atoms with Gasteiger partial charge in [-0.25, -0.2) is 9.97 Å². The van der Waals surface area contributed by atoms with Crippen LogP contribution in [0.3, 0.4) is 0 Å². The van der Waals surface area contributed by atoms with Crippen LogP contribution in [0, 0.1) is 6.92 Å². The highest BCUT2D eigenvalue weighted by atomic mass is 32.2. The Kier molecular flexibility index (Phi) is 4.79. The van der Waals surface area contributed by atoms with Crippen LogP contribution in [0.25, 0.3) is 16.6 Å². The molecule has 6 heteroatoms. The molecule has 25 heavy (non-hydrogen) atoms. The van der Waals surface area contributed by atoms with Crippen molar-refractivity contribution < 1.29 is 4.55 Å². The van der Waals surface area contributed by atoms with Crippen LogP contribution in [0.5, 0.6) is 0 Å². The van der Waals surface area contributed by atoms with Crippen LogP contribution in [0.1, 0.15) is 57.6 Å². The molecule has 0 aliphatic rings. The zero-order valence-electron chi connectivity index (χ0n) is 15.8. The van der Waals surface area contributed by atoms with E-state index < -0.39 is 11.4 Å². The zero-order valence-corrected chi connectivity index (χ0v) is 16.6. The third kappa shape index (κ3) is 3.38. The van der Waals surface area contributed by atoms with Crippen LogP contribution >= 0.6 is 0 Å². The molecule has 2 heterocycles. The highest BCUT2D eigenvalue weighted by Crippen LogP contribution is 2.29. The molecule has 0 radical (unpaired) electrons. The van der Waals surface area contributed by atoms with Gasteiger partial charge in [-0.3, -0.25) is 4.40 Å². The first-order valence-corrected chi connectivity index (χ1v) is 9.81. The summed E-state index contributed by atoms with van der Waals surface area (Å²) < 4.78 is 17.5. The molecule has 0 aliphatic carbocycles. The quantitative estimate of drug-likeness (QED) is 0.719. The third-order valence-corrected chi connectivity index (χ3v) is 5.99. The SMILES string of the molecule is CCc1nc2c(C(C)N[S+]([O-])C(C)(C)C)cc(C)cc2c2nccn12.